The van der Waals surface area contributed by atoms with Crippen LogP contribution in [0.1, 0.15) is 32.6 Å². The average molecular weight is 208 g/mol. The lowest BCUT2D eigenvalue weighted by Gasteiger charge is -2.22. The van der Waals surface area contributed by atoms with E-state index in [2.05, 4.69) is 16.6 Å². The second-order valence-corrected chi connectivity index (χ2v) is 4.09. The fraction of sp³-hybridized carbons (Fsp3) is 0.750. The van der Waals surface area contributed by atoms with Crippen LogP contribution in [0.15, 0.2) is 0 Å². The van der Waals surface area contributed by atoms with Crippen LogP contribution in [-0.2, 0) is 4.79 Å². The van der Waals surface area contributed by atoms with Crippen LogP contribution < -0.4 is 10.6 Å². The molecule has 0 spiro atoms. The molecule has 1 atom stereocenters. The van der Waals surface area contributed by atoms with E-state index in [1.807, 2.05) is 6.92 Å². The minimum atomic E-state index is -0.0979. The van der Waals surface area contributed by atoms with Crippen molar-refractivity contribution in [3.63, 3.8) is 0 Å². The minimum absolute atomic E-state index is 0.0979. The van der Waals surface area contributed by atoms with Crippen LogP contribution in [0.4, 0.5) is 0 Å². The van der Waals surface area contributed by atoms with E-state index in [-0.39, 0.29) is 11.9 Å². The third kappa shape index (κ3) is 4.35. The summed E-state index contributed by atoms with van der Waals surface area (Å²) in [6, 6.07) is -0.0979. The number of hydrogen-bond acceptors (Lipinski definition) is 2. The summed E-state index contributed by atoms with van der Waals surface area (Å²) in [5.74, 6) is 3.21. The molecule has 0 radical (unpaired) electrons. The van der Waals surface area contributed by atoms with Crippen LogP contribution in [0, 0.1) is 18.3 Å². The zero-order valence-corrected chi connectivity index (χ0v) is 9.38. The lowest BCUT2D eigenvalue weighted by Crippen LogP contribution is -2.36. The van der Waals surface area contributed by atoms with Gasteiger partial charge in [0.1, 0.15) is 0 Å². The lowest BCUT2D eigenvalue weighted by atomic mass is 9.94. The molecule has 0 bridgehead atoms. The van der Waals surface area contributed by atoms with Gasteiger partial charge >= 0.3 is 0 Å². The van der Waals surface area contributed by atoms with Crippen molar-refractivity contribution >= 4 is 5.91 Å². The molecule has 84 valence electrons. The Bertz CT molecular complexity index is 238. The summed E-state index contributed by atoms with van der Waals surface area (Å²) in [5.41, 5.74) is 0. The molecule has 2 N–H and O–H groups in total. The predicted octanol–water partition coefficient (Wildman–Crippen LogP) is 0.904. The van der Waals surface area contributed by atoms with Gasteiger partial charge in [-0.05, 0) is 38.3 Å². The van der Waals surface area contributed by atoms with Crippen LogP contribution in [0.2, 0.25) is 0 Å². The summed E-state index contributed by atoms with van der Waals surface area (Å²) in [5, 5.41) is 6.16. The monoisotopic (exact) mass is 208 g/mol. The molecule has 1 aliphatic heterocycles. The van der Waals surface area contributed by atoms with E-state index in [0.29, 0.717) is 12.3 Å². The third-order valence-corrected chi connectivity index (χ3v) is 2.88. The molecule has 1 unspecified atom stereocenters. The van der Waals surface area contributed by atoms with E-state index in [0.717, 1.165) is 32.4 Å². The number of rotatable bonds is 4. The summed E-state index contributed by atoms with van der Waals surface area (Å²) < 4.78 is 0. The van der Waals surface area contributed by atoms with Crippen LogP contribution in [0.3, 0.4) is 0 Å². The van der Waals surface area contributed by atoms with Gasteiger partial charge in [-0.1, -0.05) is 12.8 Å². The van der Waals surface area contributed by atoms with Gasteiger partial charge in [0.2, 0.25) is 5.91 Å². The zero-order chi connectivity index (χ0) is 11.1. The molecule has 1 fully saturated rings. The maximum absolute atomic E-state index is 11.6. The first-order chi connectivity index (χ1) is 7.26. The van der Waals surface area contributed by atoms with E-state index in [1.54, 1.807) is 0 Å². The summed E-state index contributed by atoms with van der Waals surface area (Å²) >= 11 is 0. The molecule has 1 aliphatic rings. The molecular formula is C12H20N2O. The molecule has 0 aliphatic carbocycles. The van der Waals surface area contributed by atoms with E-state index in [9.17, 15) is 4.79 Å². The quantitative estimate of drug-likeness (QED) is 0.674. The largest absolute Gasteiger partial charge is 0.342 e. The van der Waals surface area contributed by atoms with E-state index in [4.69, 9.17) is 6.42 Å². The Morgan fingerprint density at radius 3 is 2.80 bits per heavy atom. The molecule has 1 rings (SSSR count). The van der Waals surface area contributed by atoms with Crippen molar-refractivity contribution in [3.8, 4) is 12.3 Å². The molecule has 0 aromatic heterocycles. The number of carbonyl (C=O) groups excluding carboxylic acids is 1. The fourth-order valence-electron chi connectivity index (χ4n) is 1.86. The van der Waals surface area contributed by atoms with Crippen molar-refractivity contribution in [2.75, 3.05) is 13.1 Å². The van der Waals surface area contributed by atoms with Crippen LogP contribution in [-0.4, -0.2) is 25.0 Å². The first-order valence-electron chi connectivity index (χ1n) is 5.72. The van der Waals surface area contributed by atoms with Gasteiger partial charge in [0.25, 0.3) is 0 Å². The Balaban J connectivity index is 2.25. The second-order valence-electron chi connectivity index (χ2n) is 4.09. The van der Waals surface area contributed by atoms with Gasteiger partial charge in [0.05, 0.1) is 6.04 Å². The Labute approximate surface area is 92.0 Å². The van der Waals surface area contributed by atoms with Crippen molar-refractivity contribution in [3.05, 3.63) is 0 Å². The van der Waals surface area contributed by atoms with Gasteiger partial charge in [-0.2, -0.15) is 0 Å². The summed E-state index contributed by atoms with van der Waals surface area (Å²) in [7, 11) is 0. The van der Waals surface area contributed by atoms with Gasteiger partial charge in [0.15, 0.2) is 0 Å². The number of nitrogens with one attached hydrogen (secondary N) is 2. The molecule has 3 nitrogen and oxygen atoms in total. The van der Waals surface area contributed by atoms with Gasteiger partial charge < -0.3 is 10.6 Å². The molecular weight excluding hydrogens is 188 g/mol. The molecule has 0 aromatic carbocycles. The third-order valence-electron chi connectivity index (χ3n) is 2.88. The lowest BCUT2D eigenvalue weighted by molar-refractivity contribution is -0.122. The van der Waals surface area contributed by atoms with Gasteiger partial charge in [-0.3, -0.25) is 4.79 Å². The molecule has 1 heterocycles. The maximum Gasteiger partial charge on any atom is 0.221 e. The highest BCUT2D eigenvalue weighted by Crippen LogP contribution is 2.15. The minimum Gasteiger partial charge on any atom is -0.342 e. The summed E-state index contributed by atoms with van der Waals surface area (Å²) in [6.07, 6.45) is 8.91. The van der Waals surface area contributed by atoms with Crippen LogP contribution >= 0.6 is 0 Å². The number of amides is 1. The SMILES string of the molecule is C#CC(CC)NC(=O)CC1CCNCC1. The molecule has 1 amide bonds. The van der Waals surface area contributed by atoms with Gasteiger partial charge in [0, 0.05) is 6.42 Å². The highest BCUT2D eigenvalue weighted by molar-refractivity contribution is 5.76. The first-order valence-corrected chi connectivity index (χ1v) is 5.72. The Hall–Kier alpha value is -1.01. The van der Waals surface area contributed by atoms with Crippen molar-refractivity contribution < 1.29 is 4.79 Å². The Morgan fingerprint density at radius 2 is 2.27 bits per heavy atom. The zero-order valence-electron chi connectivity index (χ0n) is 9.38. The smallest absolute Gasteiger partial charge is 0.221 e. The van der Waals surface area contributed by atoms with Crippen LogP contribution in [0.25, 0.3) is 0 Å². The highest BCUT2D eigenvalue weighted by Gasteiger charge is 2.17. The fourth-order valence-corrected chi connectivity index (χ4v) is 1.86. The molecule has 0 aromatic rings. The van der Waals surface area contributed by atoms with Crippen molar-refractivity contribution in [2.45, 2.75) is 38.6 Å². The summed E-state index contributed by atoms with van der Waals surface area (Å²) in [4.78, 5) is 11.6. The van der Waals surface area contributed by atoms with Gasteiger partial charge in [-0.25, -0.2) is 0 Å². The number of terminal acetylenes is 1. The van der Waals surface area contributed by atoms with Crippen molar-refractivity contribution in [1.29, 1.82) is 0 Å². The number of piperidine rings is 1. The highest BCUT2D eigenvalue weighted by atomic mass is 16.1. The molecule has 0 saturated carbocycles. The topological polar surface area (TPSA) is 41.1 Å². The average Bonchev–Trinajstić information content (AvgIpc) is 2.27. The Morgan fingerprint density at radius 1 is 1.60 bits per heavy atom. The molecule has 15 heavy (non-hydrogen) atoms. The van der Waals surface area contributed by atoms with Crippen molar-refractivity contribution in [1.82, 2.24) is 10.6 Å². The van der Waals surface area contributed by atoms with Gasteiger partial charge in [-0.15, -0.1) is 6.42 Å². The van der Waals surface area contributed by atoms with Crippen molar-refractivity contribution in [2.24, 2.45) is 5.92 Å². The van der Waals surface area contributed by atoms with E-state index >= 15 is 0 Å². The standard InChI is InChI=1S/C12H20N2O/c1-3-11(4-2)14-12(15)9-10-5-7-13-8-6-10/h1,10-11,13H,4-9H2,2H3,(H,14,15). The Kier molecular flexibility index (Phi) is 5.20. The summed E-state index contributed by atoms with van der Waals surface area (Å²) in [6.45, 7) is 4.05. The second kappa shape index (κ2) is 6.47. The first kappa shape index (κ1) is 12.1. The number of hydrogen-bond donors (Lipinski definition) is 2. The van der Waals surface area contributed by atoms with E-state index in [1.165, 1.54) is 0 Å². The molecule has 1 saturated heterocycles. The van der Waals surface area contributed by atoms with Crippen LogP contribution in [0.5, 0.6) is 0 Å². The maximum atomic E-state index is 11.6. The van der Waals surface area contributed by atoms with E-state index < -0.39 is 0 Å². The predicted molar refractivity (Wildman–Crippen MR) is 61.3 cm³/mol. The normalized spacial score (nSPS) is 19.2. The number of carbonyl (C=O) groups is 1. The molecule has 3 heteroatoms.